The van der Waals surface area contributed by atoms with Crippen LogP contribution in [0.25, 0.3) is 0 Å². The second-order valence-corrected chi connectivity index (χ2v) is 6.01. The van der Waals surface area contributed by atoms with Crippen molar-refractivity contribution in [1.82, 2.24) is 4.90 Å². The summed E-state index contributed by atoms with van der Waals surface area (Å²) in [6, 6.07) is 17.6. The molecule has 1 amide bonds. The molecule has 0 spiro atoms. The highest BCUT2D eigenvalue weighted by atomic mass is 16.2. The van der Waals surface area contributed by atoms with Gasteiger partial charge in [0.1, 0.15) is 0 Å². The molecule has 4 heteroatoms. The highest BCUT2D eigenvalue weighted by Gasteiger charge is 2.24. The number of rotatable bonds is 4. The molecule has 0 saturated carbocycles. The van der Waals surface area contributed by atoms with Crippen LogP contribution in [0.1, 0.15) is 23.2 Å². The SMILES string of the molecule is NCC1CCN(C(=O)c2ccccc2Nc2ccccc2)CC1. The fourth-order valence-electron chi connectivity index (χ4n) is 3.00. The zero-order valence-corrected chi connectivity index (χ0v) is 13.2. The summed E-state index contributed by atoms with van der Waals surface area (Å²) in [5.41, 5.74) is 8.29. The summed E-state index contributed by atoms with van der Waals surface area (Å²) in [4.78, 5) is 14.8. The summed E-state index contributed by atoms with van der Waals surface area (Å²) in [6.07, 6.45) is 1.99. The molecule has 3 rings (SSSR count). The van der Waals surface area contributed by atoms with E-state index < -0.39 is 0 Å². The molecule has 4 nitrogen and oxygen atoms in total. The summed E-state index contributed by atoms with van der Waals surface area (Å²) in [6.45, 7) is 2.30. The molecule has 0 atom stereocenters. The predicted molar refractivity (Wildman–Crippen MR) is 93.8 cm³/mol. The van der Waals surface area contributed by atoms with Crippen LogP contribution >= 0.6 is 0 Å². The highest BCUT2D eigenvalue weighted by molar-refractivity contribution is 6.00. The molecule has 1 heterocycles. The van der Waals surface area contributed by atoms with E-state index >= 15 is 0 Å². The number of anilines is 2. The van der Waals surface area contributed by atoms with Crippen molar-refractivity contribution in [3.8, 4) is 0 Å². The molecule has 120 valence electrons. The van der Waals surface area contributed by atoms with Gasteiger partial charge in [-0.05, 0) is 49.6 Å². The van der Waals surface area contributed by atoms with E-state index in [-0.39, 0.29) is 5.91 Å². The second-order valence-electron chi connectivity index (χ2n) is 6.01. The molecular formula is C19H23N3O. The lowest BCUT2D eigenvalue weighted by Gasteiger charge is -2.32. The summed E-state index contributed by atoms with van der Waals surface area (Å²) in [5.74, 6) is 0.649. The maximum absolute atomic E-state index is 12.9. The first-order valence-corrected chi connectivity index (χ1v) is 8.18. The van der Waals surface area contributed by atoms with Crippen LogP contribution in [-0.2, 0) is 0 Å². The molecule has 0 radical (unpaired) electrons. The summed E-state index contributed by atoms with van der Waals surface area (Å²) < 4.78 is 0. The van der Waals surface area contributed by atoms with Gasteiger partial charge >= 0.3 is 0 Å². The number of benzene rings is 2. The number of piperidine rings is 1. The van der Waals surface area contributed by atoms with Crippen LogP contribution < -0.4 is 11.1 Å². The van der Waals surface area contributed by atoms with Crippen molar-refractivity contribution in [2.45, 2.75) is 12.8 Å². The number of para-hydroxylation sites is 2. The molecule has 1 aliphatic rings. The minimum absolute atomic E-state index is 0.0968. The van der Waals surface area contributed by atoms with E-state index in [0.717, 1.165) is 42.9 Å². The van der Waals surface area contributed by atoms with Crippen molar-refractivity contribution in [1.29, 1.82) is 0 Å². The average molecular weight is 309 g/mol. The lowest BCUT2D eigenvalue weighted by atomic mass is 9.96. The number of likely N-dealkylation sites (tertiary alicyclic amines) is 1. The third-order valence-electron chi connectivity index (χ3n) is 4.45. The minimum Gasteiger partial charge on any atom is -0.355 e. The van der Waals surface area contributed by atoms with Crippen LogP contribution in [0.3, 0.4) is 0 Å². The minimum atomic E-state index is 0.0968. The van der Waals surface area contributed by atoms with Crippen LogP contribution in [0.4, 0.5) is 11.4 Å². The first-order valence-electron chi connectivity index (χ1n) is 8.18. The maximum atomic E-state index is 12.9. The molecule has 23 heavy (non-hydrogen) atoms. The van der Waals surface area contributed by atoms with E-state index in [4.69, 9.17) is 5.73 Å². The van der Waals surface area contributed by atoms with Crippen LogP contribution in [0.5, 0.6) is 0 Å². The Morgan fingerprint density at radius 3 is 2.39 bits per heavy atom. The predicted octanol–water partition coefficient (Wildman–Crippen LogP) is 3.24. The van der Waals surface area contributed by atoms with E-state index in [1.807, 2.05) is 59.5 Å². The van der Waals surface area contributed by atoms with Gasteiger partial charge in [-0.15, -0.1) is 0 Å². The number of hydrogen-bond acceptors (Lipinski definition) is 3. The fraction of sp³-hybridized carbons (Fsp3) is 0.316. The van der Waals surface area contributed by atoms with E-state index in [1.54, 1.807) is 0 Å². The third kappa shape index (κ3) is 3.71. The highest BCUT2D eigenvalue weighted by Crippen LogP contribution is 2.24. The number of nitrogens with one attached hydrogen (secondary N) is 1. The molecule has 1 aliphatic heterocycles. The van der Waals surface area contributed by atoms with Gasteiger partial charge < -0.3 is 16.0 Å². The van der Waals surface area contributed by atoms with E-state index in [1.165, 1.54) is 0 Å². The van der Waals surface area contributed by atoms with Crippen LogP contribution in [0.15, 0.2) is 54.6 Å². The fourth-order valence-corrected chi connectivity index (χ4v) is 3.00. The Kier molecular flexibility index (Phi) is 4.93. The number of nitrogens with zero attached hydrogens (tertiary/aromatic N) is 1. The number of nitrogens with two attached hydrogens (primary N) is 1. The Bertz CT molecular complexity index is 649. The van der Waals surface area contributed by atoms with Gasteiger partial charge in [-0.25, -0.2) is 0 Å². The van der Waals surface area contributed by atoms with Crippen molar-refractivity contribution in [2.75, 3.05) is 25.0 Å². The average Bonchev–Trinajstić information content (AvgIpc) is 2.62. The van der Waals surface area contributed by atoms with Gasteiger partial charge in [-0.2, -0.15) is 0 Å². The quantitative estimate of drug-likeness (QED) is 0.911. The molecule has 0 unspecified atom stereocenters. The largest absolute Gasteiger partial charge is 0.355 e. The van der Waals surface area contributed by atoms with E-state index in [2.05, 4.69) is 5.32 Å². The third-order valence-corrected chi connectivity index (χ3v) is 4.45. The van der Waals surface area contributed by atoms with Crippen molar-refractivity contribution < 1.29 is 4.79 Å². The molecule has 0 aromatic heterocycles. The Balaban J connectivity index is 1.76. The lowest BCUT2D eigenvalue weighted by Crippen LogP contribution is -2.40. The van der Waals surface area contributed by atoms with Gasteiger partial charge in [-0.3, -0.25) is 4.79 Å². The summed E-state index contributed by atoms with van der Waals surface area (Å²) >= 11 is 0. The monoisotopic (exact) mass is 309 g/mol. The smallest absolute Gasteiger partial charge is 0.255 e. The Labute approximate surface area is 137 Å². The van der Waals surface area contributed by atoms with Gasteiger partial charge in [0, 0.05) is 18.8 Å². The zero-order chi connectivity index (χ0) is 16.1. The summed E-state index contributed by atoms with van der Waals surface area (Å²) in [5, 5.41) is 3.34. The molecule has 0 bridgehead atoms. The Morgan fingerprint density at radius 2 is 1.70 bits per heavy atom. The van der Waals surface area contributed by atoms with Gasteiger partial charge in [0.15, 0.2) is 0 Å². The normalized spacial score (nSPS) is 15.4. The van der Waals surface area contributed by atoms with Crippen molar-refractivity contribution in [3.05, 3.63) is 60.2 Å². The van der Waals surface area contributed by atoms with Gasteiger partial charge in [-0.1, -0.05) is 30.3 Å². The van der Waals surface area contributed by atoms with Crippen molar-refractivity contribution in [2.24, 2.45) is 11.7 Å². The van der Waals surface area contributed by atoms with Gasteiger partial charge in [0.2, 0.25) is 0 Å². The lowest BCUT2D eigenvalue weighted by molar-refractivity contribution is 0.0694. The second kappa shape index (κ2) is 7.29. The van der Waals surface area contributed by atoms with E-state index in [0.29, 0.717) is 12.5 Å². The molecule has 1 fully saturated rings. The van der Waals surface area contributed by atoms with Gasteiger partial charge in [0.25, 0.3) is 5.91 Å². The molecule has 2 aromatic carbocycles. The zero-order valence-electron chi connectivity index (χ0n) is 13.2. The topological polar surface area (TPSA) is 58.4 Å². The number of hydrogen-bond donors (Lipinski definition) is 2. The number of carbonyl (C=O) groups excluding carboxylic acids is 1. The Hall–Kier alpha value is -2.33. The van der Waals surface area contributed by atoms with Crippen LogP contribution in [0.2, 0.25) is 0 Å². The van der Waals surface area contributed by atoms with Gasteiger partial charge in [0.05, 0.1) is 11.3 Å². The number of carbonyl (C=O) groups is 1. The van der Waals surface area contributed by atoms with Crippen molar-refractivity contribution >= 4 is 17.3 Å². The van der Waals surface area contributed by atoms with Crippen LogP contribution in [0, 0.1) is 5.92 Å². The molecule has 2 aromatic rings. The maximum Gasteiger partial charge on any atom is 0.255 e. The van der Waals surface area contributed by atoms with Crippen molar-refractivity contribution in [3.63, 3.8) is 0 Å². The number of amides is 1. The summed E-state index contributed by atoms with van der Waals surface area (Å²) in [7, 11) is 0. The molecule has 3 N–H and O–H groups in total. The standard InChI is InChI=1S/C19H23N3O/c20-14-15-10-12-22(13-11-15)19(23)17-8-4-5-9-18(17)21-16-6-2-1-3-7-16/h1-9,15,21H,10-14,20H2. The molecular weight excluding hydrogens is 286 g/mol. The molecule has 0 aliphatic carbocycles. The first-order chi connectivity index (χ1) is 11.3. The first kappa shape index (κ1) is 15.6. The van der Waals surface area contributed by atoms with Crippen LogP contribution in [-0.4, -0.2) is 30.4 Å². The van der Waals surface area contributed by atoms with E-state index in [9.17, 15) is 4.79 Å². The Morgan fingerprint density at radius 1 is 1.04 bits per heavy atom. The molecule has 1 saturated heterocycles.